The Morgan fingerprint density at radius 2 is 1.77 bits per heavy atom. The molecule has 2 aromatic carbocycles. The van der Waals surface area contributed by atoms with Crippen molar-refractivity contribution in [2.24, 2.45) is 0 Å². The van der Waals surface area contributed by atoms with Gasteiger partial charge in [-0.1, -0.05) is 36.4 Å². The Balaban J connectivity index is 1.48. The van der Waals surface area contributed by atoms with Crippen molar-refractivity contribution in [1.82, 2.24) is 9.80 Å². The fourth-order valence-corrected chi connectivity index (χ4v) is 3.26. The van der Waals surface area contributed by atoms with E-state index in [1.807, 2.05) is 29.2 Å². The number of carbonyl (C=O) groups is 1. The summed E-state index contributed by atoms with van der Waals surface area (Å²) in [5.74, 6) is 0.840. The zero-order valence-corrected chi connectivity index (χ0v) is 15.8. The van der Waals surface area contributed by atoms with Gasteiger partial charge in [-0.15, -0.1) is 0 Å². The SMILES string of the molecule is Cc1ccc(OCC(=O)N2CCCN(Cc3ccccc3)CC2)cc1C. The highest BCUT2D eigenvalue weighted by Crippen LogP contribution is 2.16. The van der Waals surface area contributed by atoms with Crippen molar-refractivity contribution < 1.29 is 9.53 Å². The van der Waals surface area contributed by atoms with Crippen molar-refractivity contribution in [3.63, 3.8) is 0 Å². The molecule has 1 aliphatic rings. The maximum Gasteiger partial charge on any atom is 0.260 e. The van der Waals surface area contributed by atoms with Crippen LogP contribution in [0.4, 0.5) is 0 Å². The molecule has 1 amide bonds. The van der Waals surface area contributed by atoms with E-state index in [-0.39, 0.29) is 12.5 Å². The van der Waals surface area contributed by atoms with Crippen molar-refractivity contribution in [1.29, 1.82) is 0 Å². The highest BCUT2D eigenvalue weighted by Gasteiger charge is 2.19. The number of benzene rings is 2. The minimum absolute atomic E-state index is 0.0739. The van der Waals surface area contributed by atoms with Crippen molar-refractivity contribution in [3.8, 4) is 5.75 Å². The molecule has 0 saturated carbocycles. The Morgan fingerprint density at radius 3 is 2.54 bits per heavy atom. The highest BCUT2D eigenvalue weighted by atomic mass is 16.5. The number of carbonyl (C=O) groups excluding carboxylic acids is 1. The van der Waals surface area contributed by atoms with Crippen LogP contribution in [0.5, 0.6) is 5.75 Å². The van der Waals surface area contributed by atoms with Gasteiger partial charge in [0.25, 0.3) is 5.91 Å². The first-order valence-corrected chi connectivity index (χ1v) is 9.36. The molecule has 0 atom stereocenters. The van der Waals surface area contributed by atoms with E-state index in [1.54, 1.807) is 0 Å². The van der Waals surface area contributed by atoms with Gasteiger partial charge in [0.2, 0.25) is 0 Å². The number of rotatable bonds is 5. The Kier molecular flexibility index (Phi) is 6.29. The molecule has 0 N–H and O–H groups in total. The average molecular weight is 352 g/mol. The first-order valence-electron chi connectivity index (χ1n) is 9.36. The number of hydrogen-bond acceptors (Lipinski definition) is 3. The predicted octanol–water partition coefficient (Wildman–Crippen LogP) is 3.42. The molecule has 26 heavy (non-hydrogen) atoms. The summed E-state index contributed by atoms with van der Waals surface area (Å²) in [6.45, 7) is 8.69. The summed E-state index contributed by atoms with van der Waals surface area (Å²) in [4.78, 5) is 16.9. The topological polar surface area (TPSA) is 32.8 Å². The average Bonchev–Trinajstić information content (AvgIpc) is 2.89. The molecule has 3 rings (SSSR count). The van der Waals surface area contributed by atoms with E-state index >= 15 is 0 Å². The normalized spacial score (nSPS) is 15.5. The van der Waals surface area contributed by atoms with Crippen LogP contribution in [0.25, 0.3) is 0 Å². The minimum Gasteiger partial charge on any atom is -0.484 e. The molecule has 1 fully saturated rings. The largest absolute Gasteiger partial charge is 0.484 e. The Morgan fingerprint density at radius 1 is 0.962 bits per heavy atom. The third kappa shape index (κ3) is 5.09. The second kappa shape index (κ2) is 8.86. The van der Waals surface area contributed by atoms with E-state index in [2.05, 4.69) is 43.0 Å². The van der Waals surface area contributed by atoms with E-state index in [4.69, 9.17) is 4.74 Å². The van der Waals surface area contributed by atoms with Gasteiger partial charge >= 0.3 is 0 Å². The van der Waals surface area contributed by atoms with Crippen molar-refractivity contribution >= 4 is 5.91 Å². The lowest BCUT2D eigenvalue weighted by molar-refractivity contribution is -0.133. The molecule has 138 valence electrons. The van der Waals surface area contributed by atoms with Crippen LogP contribution in [0.3, 0.4) is 0 Å². The van der Waals surface area contributed by atoms with Gasteiger partial charge < -0.3 is 9.64 Å². The van der Waals surface area contributed by atoms with Crippen LogP contribution in [0, 0.1) is 13.8 Å². The van der Waals surface area contributed by atoms with Crippen LogP contribution in [0.2, 0.25) is 0 Å². The Labute approximate surface area is 156 Å². The molecule has 0 spiro atoms. The predicted molar refractivity (Wildman–Crippen MR) is 104 cm³/mol. The van der Waals surface area contributed by atoms with Crippen LogP contribution < -0.4 is 4.74 Å². The van der Waals surface area contributed by atoms with E-state index in [9.17, 15) is 4.79 Å². The molecule has 0 unspecified atom stereocenters. The molecule has 4 heteroatoms. The molecule has 0 aliphatic carbocycles. The fourth-order valence-electron chi connectivity index (χ4n) is 3.26. The fraction of sp³-hybridized carbons (Fsp3) is 0.409. The summed E-state index contributed by atoms with van der Waals surface area (Å²) in [6.07, 6.45) is 1.00. The maximum atomic E-state index is 12.5. The summed E-state index contributed by atoms with van der Waals surface area (Å²) < 4.78 is 5.72. The quantitative estimate of drug-likeness (QED) is 0.827. The van der Waals surface area contributed by atoms with Crippen LogP contribution >= 0.6 is 0 Å². The van der Waals surface area contributed by atoms with Gasteiger partial charge in [0.1, 0.15) is 5.75 Å². The van der Waals surface area contributed by atoms with Crippen molar-refractivity contribution in [2.75, 3.05) is 32.8 Å². The smallest absolute Gasteiger partial charge is 0.260 e. The summed E-state index contributed by atoms with van der Waals surface area (Å²) in [5.41, 5.74) is 3.74. The van der Waals surface area contributed by atoms with E-state index in [0.717, 1.165) is 44.9 Å². The number of nitrogens with zero attached hydrogens (tertiary/aromatic N) is 2. The molecule has 0 aromatic heterocycles. The monoisotopic (exact) mass is 352 g/mol. The first-order chi connectivity index (χ1) is 12.6. The van der Waals surface area contributed by atoms with Gasteiger partial charge in [0, 0.05) is 32.7 Å². The summed E-state index contributed by atoms with van der Waals surface area (Å²) in [6, 6.07) is 16.5. The molecule has 1 aliphatic heterocycles. The van der Waals surface area contributed by atoms with Crippen LogP contribution in [-0.4, -0.2) is 48.5 Å². The van der Waals surface area contributed by atoms with Crippen LogP contribution in [0.15, 0.2) is 48.5 Å². The van der Waals surface area contributed by atoms with Crippen LogP contribution in [-0.2, 0) is 11.3 Å². The first kappa shape index (κ1) is 18.5. The molecule has 0 radical (unpaired) electrons. The van der Waals surface area contributed by atoms with Crippen molar-refractivity contribution in [3.05, 3.63) is 65.2 Å². The zero-order chi connectivity index (χ0) is 18.4. The lowest BCUT2D eigenvalue weighted by atomic mass is 10.1. The Hall–Kier alpha value is -2.33. The van der Waals surface area contributed by atoms with E-state index in [1.165, 1.54) is 16.7 Å². The van der Waals surface area contributed by atoms with Gasteiger partial charge in [0.15, 0.2) is 6.61 Å². The Bertz CT molecular complexity index is 730. The summed E-state index contributed by atoms with van der Waals surface area (Å²) in [7, 11) is 0. The van der Waals surface area contributed by atoms with Gasteiger partial charge in [0.05, 0.1) is 0 Å². The molecular weight excluding hydrogens is 324 g/mol. The number of ether oxygens (including phenoxy) is 1. The highest BCUT2D eigenvalue weighted by molar-refractivity contribution is 5.77. The second-order valence-corrected chi connectivity index (χ2v) is 7.03. The minimum atomic E-state index is 0.0739. The van der Waals surface area contributed by atoms with Crippen molar-refractivity contribution in [2.45, 2.75) is 26.8 Å². The van der Waals surface area contributed by atoms with E-state index in [0.29, 0.717) is 0 Å². The molecule has 2 aromatic rings. The number of amides is 1. The lowest BCUT2D eigenvalue weighted by Crippen LogP contribution is -2.38. The third-order valence-corrected chi connectivity index (χ3v) is 5.03. The van der Waals surface area contributed by atoms with Gasteiger partial charge in [-0.2, -0.15) is 0 Å². The molecule has 1 heterocycles. The van der Waals surface area contributed by atoms with E-state index < -0.39 is 0 Å². The second-order valence-electron chi connectivity index (χ2n) is 7.03. The molecule has 4 nitrogen and oxygen atoms in total. The summed E-state index contributed by atoms with van der Waals surface area (Å²) in [5, 5.41) is 0. The van der Waals surface area contributed by atoms with Crippen LogP contribution in [0.1, 0.15) is 23.1 Å². The number of hydrogen-bond donors (Lipinski definition) is 0. The maximum absolute atomic E-state index is 12.5. The zero-order valence-electron chi connectivity index (χ0n) is 15.8. The molecule has 0 bridgehead atoms. The van der Waals surface area contributed by atoms with Gasteiger partial charge in [-0.05, 0) is 49.1 Å². The lowest BCUT2D eigenvalue weighted by Gasteiger charge is -2.22. The van der Waals surface area contributed by atoms with Gasteiger partial charge in [-0.3, -0.25) is 9.69 Å². The third-order valence-electron chi connectivity index (χ3n) is 5.03. The summed E-state index contributed by atoms with van der Waals surface area (Å²) >= 11 is 0. The standard InChI is InChI=1S/C22H28N2O2/c1-18-9-10-21(15-19(18)2)26-17-22(25)24-12-6-11-23(13-14-24)16-20-7-4-3-5-8-20/h3-5,7-10,15H,6,11-14,16-17H2,1-2H3. The molecular formula is C22H28N2O2. The molecule has 1 saturated heterocycles. The number of aryl methyl sites for hydroxylation is 2. The van der Waals surface area contributed by atoms with Gasteiger partial charge in [-0.25, -0.2) is 0 Å².